The number of nitrogens with zero attached hydrogens (tertiary/aromatic N) is 2. The zero-order valence-corrected chi connectivity index (χ0v) is 11.9. The summed E-state index contributed by atoms with van der Waals surface area (Å²) < 4.78 is 28.5. The Balaban J connectivity index is 1.99. The van der Waals surface area contributed by atoms with Gasteiger partial charge in [0, 0.05) is 18.1 Å². The maximum Gasteiger partial charge on any atom is 0.320 e. The molecule has 0 aliphatic heterocycles. The number of aromatic nitrogens is 2. The van der Waals surface area contributed by atoms with Gasteiger partial charge in [0.1, 0.15) is 0 Å². The van der Waals surface area contributed by atoms with Crippen LogP contribution in [0.25, 0.3) is 5.69 Å². The van der Waals surface area contributed by atoms with E-state index in [9.17, 15) is 18.4 Å². The van der Waals surface area contributed by atoms with Crippen molar-refractivity contribution in [1.29, 1.82) is 0 Å². The number of hydrogen-bond donors (Lipinski definition) is 0. The third kappa shape index (κ3) is 2.96. The Labute approximate surface area is 129 Å². The van der Waals surface area contributed by atoms with Gasteiger partial charge in [-0.2, -0.15) is 0 Å². The number of hydrogen-bond acceptors (Lipinski definition) is 2. The van der Waals surface area contributed by atoms with Gasteiger partial charge < -0.3 is 4.57 Å². The highest BCUT2D eigenvalue weighted by atomic mass is 19.2. The first-order valence-electron chi connectivity index (χ1n) is 6.88. The van der Waals surface area contributed by atoms with E-state index in [1.54, 1.807) is 30.3 Å². The van der Waals surface area contributed by atoms with E-state index in [2.05, 4.69) is 0 Å². The highest BCUT2D eigenvalue weighted by molar-refractivity contribution is 5.31. The number of para-hydroxylation sites is 1. The molecule has 3 aromatic rings. The molecule has 116 valence electrons. The molecule has 0 spiro atoms. The van der Waals surface area contributed by atoms with Crippen molar-refractivity contribution in [2.45, 2.75) is 6.54 Å². The Kier molecular flexibility index (Phi) is 3.89. The van der Waals surface area contributed by atoms with Crippen LogP contribution in [-0.4, -0.2) is 9.13 Å². The molecule has 0 atom stereocenters. The smallest absolute Gasteiger partial charge is 0.305 e. The molecule has 23 heavy (non-hydrogen) atoms. The average molecular weight is 314 g/mol. The molecule has 0 radical (unpaired) electrons. The molecule has 0 bridgehead atoms. The van der Waals surface area contributed by atoms with E-state index in [1.807, 2.05) is 0 Å². The van der Waals surface area contributed by atoms with Crippen molar-refractivity contribution >= 4 is 0 Å². The molecule has 1 aromatic heterocycles. The van der Waals surface area contributed by atoms with Crippen molar-refractivity contribution in [3.8, 4) is 5.69 Å². The molecule has 1 heterocycles. The summed E-state index contributed by atoms with van der Waals surface area (Å²) in [5.41, 5.74) is -0.472. The molecule has 6 heteroatoms. The minimum atomic E-state index is -0.992. The van der Waals surface area contributed by atoms with E-state index >= 15 is 0 Å². The zero-order chi connectivity index (χ0) is 16.4. The lowest BCUT2D eigenvalue weighted by Crippen LogP contribution is -2.40. The lowest BCUT2D eigenvalue weighted by molar-refractivity contribution is 0.506. The summed E-state index contributed by atoms with van der Waals surface area (Å²) >= 11 is 0. The van der Waals surface area contributed by atoms with Crippen molar-refractivity contribution in [1.82, 2.24) is 9.13 Å². The van der Waals surface area contributed by atoms with Crippen molar-refractivity contribution in [2.75, 3.05) is 0 Å². The molecule has 0 unspecified atom stereocenters. The Morgan fingerprint density at radius 3 is 2.26 bits per heavy atom. The van der Waals surface area contributed by atoms with Crippen LogP contribution in [0.4, 0.5) is 8.78 Å². The molecule has 0 aliphatic carbocycles. The Bertz CT molecular complexity index is 962. The first-order valence-corrected chi connectivity index (χ1v) is 6.88. The fraction of sp³-hybridized carbons (Fsp3) is 0.0588. The number of benzene rings is 2. The summed E-state index contributed by atoms with van der Waals surface area (Å²) in [6.07, 6.45) is 2.91. The van der Waals surface area contributed by atoms with Gasteiger partial charge in [0.15, 0.2) is 11.6 Å². The van der Waals surface area contributed by atoms with Crippen LogP contribution in [-0.2, 0) is 6.54 Å². The molecule has 0 saturated carbocycles. The average Bonchev–Trinajstić information content (AvgIpc) is 2.56. The van der Waals surface area contributed by atoms with Crippen LogP contribution in [0.1, 0.15) is 5.56 Å². The fourth-order valence-corrected chi connectivity index (χ4v) is 2.26. The topological polar surface area (TPSA) is 44.0 Å². The van der Waals surface area contributed by atoms with Crippen LogP contribution in [0.5, 0.6) is 0 Å². The van der Waals surface area contributed by atoms with E-state index in [0.29, 0.717) is 11.3 Å². The second-order valence-electron chi connectivity index (χ2n) is 4.99. The molecule has 4 nitrogen and oxygen atoms in total. The monoisotopic (exact) mass is 314 g/mol. The van der Waals surface area contributed by atoms with Crippen LogP contribution in [0.15, 0.2) is 70.5 Å². The molecule has 0 amide bonds. The minimum absolute atomic E-state index is 0.0130. The van der Waals surface area contributed by atoms with Crippen molar-refractivity contribution in [3.05, 3.63) is 98.8 Å². The van der Waals surface area contributed by atoms with E-state index in [-0.39, 0.29) is 6.54 Å². The summed E-state index contributed by atoms with van der Waals surface area (Å²) in [4.78, 5) is 24.4. The van der Waals surface area contributed by atoms with Gasteiger partial charge in [0.05, 0.1) is 6.54 Å². The number of rotatable bonds is 3. The summed E-state index contributed by atoms with van der Waals surface area (Å²) in [7, 11) is 0. The second-order valence-corrected chi connectivity index (χ2v) is 4.99. The quantitative estimate of drug-likeness (QED) is 0.697. The summed E-state index contributed by atoms with van der Waals surface area (Å²) in [5.74, 6) is -1.95. The largest absolute Gasteiger partial charge is 0.320 e. The first-order chi connectivity index (χ1) is 11.1. The van der Waals surface area contributed by atoms with E-state index in [0.717, 1.165) is 16.7 Å². The Morgan fingerprint density at radius 1 is 0.826 bits per heavy atom. The SMILES string of the molecule is O=c1c(=O)n(-c2ccccc2)ccn1Cc1ccc(F)c(F)c1. The van der Waals surface area contributed by atoms with Crippen LogP contribution >= 0.6 is 0 Å². The van der Waals surface area contributed by atoms with Gasteiger partial charge in [0.25, 0.3) is 0 Å². The van der Waals surface area contributed by atoms with E-state index < -0.39 is 22.8 Å². The van der Waals surface area contributed by atoms with Gasteiger partial charge in [0.2, 0.25) is 0 Å². The van der Waals surface area contributed by atoms with Gasteiger partial charge >= 0.3 is 11.1 Å². The second kappa shape index (κ2) is 6.00. The van der Waals surface area contributed by atoms with Gasteiger partial charge in [-0.25, -0.2) is 8.78 Å². The van der Waals surface area contributed by atoms with Gasteiger partial charge in [-0.3, -0.25) is 14.2 Å². The van der Waals surface area contributed by atoms with E-state index in [1.165, 1.54) is 23.0 Å². The number of halogens is 2. The molecule has 0 aliphatic rings. The maximum absolute atomic E-state index is 13.2. The Hall–Kier alpha value is -3.02. The lowest BCUT2D eigenvalue weighted by Gasteiger charge is -2.09. The highest BCUT2D eigenvalue weighted by Crippen LogP contribution is 2.09. The molecular weight excluding hydrogens is 302 g/mol. The predicted molar refractivity (Wildman–Crippen MR) is 81.8 cm³/mol. The van der Waals surface area contributed by atoms with Crippen LogP contribution in [0, 0.1) is 11.6 Å². The van der Waals surface area contributed by atoms with E-state index in [4.69, 9.17) is 0 Å². The maximum atomic E-state index is 13.2. The minimum Gasteiger partial charge on any atom is -0.305 e. The molecular formula is C17H12F2N2O2. The first kappa shape index (κ1) is 14.9. The van der Waals surface area contributed by atoms with Crippen molar-refractivity contribution in [2.24, 2.45) is 0 Å². The lowest BCUT2D eigenvalue weighted by atomic mass is 10.2. The summed E-state index contributed by atoms with van der Waals surface area (Å²) in [6, 6.07) is 12.1. The zero-order valence-electron chi connectivity index (χ0n) is 11.9. The van der Waals surface area contributed by atoms with Gasteiger partial charge in [-0.1, -0.05) is 24.3 Å². The fourth-order valence-electron chi connectivity index (χ4n) is 2.26. The third-order valence-corrected chi connectivity index (χ3v) is 3.43. The van der Waals surface area contributed by atoms with Crippen molar-refractivity contribution < 1.29 is 8.78 Å². The standard InChI is InChI=1S/C17H12F2N2O2/c18-14-7-6-12(10-15(14)19)11-20-8-9-21(17(23)16(20)22)13-4-2-1-3-5-13/h1-10H,11H2. The third-order valence-electron chi connectivity index (χ3n) is 3.43. The normalized spacial score (nSPS) is 10.7. The highest BCUT2D eigenvalue weighted by Gasteiger charge is 2.08. The van der Waals surface area contributed by atoms with Gasteiger partial charge in [-0.05, 0) is 29.8 Å². The Morgan fingerprint density at radius 2 is 1.57 bits per heavy atom. The molecule has 0 N–H and O–H groups in total. The molecule has 2 aromatic carbocycles. The summed E-state index contributed by atoms with van der Waals surface area (Å²) in [6.45, 7) is -0.0130. The van der Waals surface area contributed by atoms with Crippen LogP contribution < -0.4 is 11.1 Å². The molecule has 3 rings (SSSR count). The van der Waals surface area contributed by atoms with Crippen LogP contribution in [0.3, 0.4) is 0 Å². The van der Waals surface area contributed by atoms with Gasteiger partial charge in [-0.15, -0.1) is 0 Å². The predicted octanol–water partition coefficient (Wildman–Crippen LogP) is 2.33. The van der Waals surface area contributed by atoms with Crippen molar-refractivity contribution in [3.63, 3.8) is 0 Å². The molecule has 0 saturated heterocycles. The summed E-state index contributed by atoms with van der Waals surface area (Å²) in [5, 5.41) is 0. The molecule has 0 fully saturated rings. The van der Waals surface area contributed by atoms with Crippen LogP contribution in [0.2, 0.25) is 0 Å².